The van der Waals surface area contributed by atoms with Crippen LogP contribution in [0.25, 0.3) is 11.3 Å². The number of hydrogen-bond donors (Lipinski definition) is 1. The summed E-state index contributed by atoms with van der Waals surface area (Å²) in [6, 6.07) is 22.4. The number of ether oxygens (including phenoxy) is 2. The molecule has 0 bridgehead atoms. The molecular weight excluding hydrogens is 510 g/mol. The van der Waals surface area contributed by atoms with Crippen molar-refractivity contribution in [3.05, 3.63) is 88.0 Å². The maximum atomic E-state index is 11.9. The summed E-state index contributed by atoms with van der Waals surface area (Å²) >= 11 is 1.52. The molecule has 198 valence electrons. The van der Waals surface area contributed by atoms with Gasteiger partial charge in [-0.25, -0.2) is 9.67 Å². The first-order valence-corrected chi connectivity index (χ1v) is 13.8. The molecular formula is C30H29N5O3S. The van der Waals surface area contributed by atoms with Gasteiger partial charge in [-0.15, -0.1) is 11.3 Å². The van der Waals surface area contributed by atoms with Crippen LogP contribution in [-0.4, -0.2) is 49.2 Å². The minimum atomic E-state index is -0.165. The summed E-state index contributed by atoms with van der Waals surface area (Å²) in [5.41, 5.74) is 7.55. The van der Waals surface area contributed by atoms with Crippen molar-refractivity contribution in [3.63, 3.8) is 0 Å². The molecule has 1 N–H and O–H groups in total. The molecule has 1 amide bonds. The van der Waals surface area contributed by atoms with E-state index in [1.807, 2.05) is 59.4 Å². The van der Waals surface area contributed by atoms with Gasteiger partial charge < -0.3 is 19.7 Å². The summed E-state index contributed by atoms with van der Waals surface area (Å²) in [5.74, 6) is 0.493. The summed E-state index contributed by atoms with van der Waals surface area (Å²) in [5, 5.41) is 9.99. The van der Waals surface area contributed by atoms with Gasteiger partial charge in [0.05, 0.1) is 36.0 Å². The first-order valence-electron chi connectivity index (χ1n) is 12.9. The van der Waals surface area contributed by atoms with E-state index in [0.717, 1.165) is 59.3 Å². The van der Waals surface area contributed by atoms with Crippen molar-refractivity contribution in [2.75, 3.05) is 43.1 Å². The number of hydrogen-bond acceptors (Lipinski definition) is 7. The van der Waals surface area contributed by atoms with Crippen LogP contribution >= 0.6 is 11.3 Å². The smallest absolute Gasteiger partial charge is 0.262 e. The van der Waals surface area contributed by atoms with Gasteiger partial charge in [-0.1, -0.05) is 29.8 Å². The van der Waals surface area contributed by atoms with Crippen molar-refractivity contribution in [1.82, 2.24) is 4.68 Å². The molecule has 0 unspecified atom stereocenters. The van der Waals surface area contributed by atoms with E-state index in [-0.39, 0.29) is 12.5 Å². The van der Waals surface area contributed by atoms with Crippen LogP contribution in [0.3, 0.4) is 0 Å². The van der Waals surface area contributed by atoms with Crippen molar-refractivity contribution >= 4 is 40.0 Å². The van der Waals surface area contributed by atoms with E-state index < -0.39 is 0 Å². The van der Waals surface area contributed by atoms with Gasteiger partial charge in [0.15, 0.2) is 6.61 Å². The van der Waals surface area contributed by atoms with Crippen LogP contribution in [0.1, 0.15) is 18.1 Å². The number of anilines is 2. The maximum absolute atomic E-state index is 11.9. The van der Waals surface area contributed by atoms with E-state index in [2.05, 4.69) is 41.4 Å². The summed E-state index contributed by atoms with van der Waals surface area (Å²) in [4.78, 5) is 19.9. The fourth-order valence-electron chi connectivity index (χ4n) is 4.59. The zero-order valence-corrected chi connectivity index (χ0v) is 22.7. The molecule has 39 heavy (non-hydrogen) atoms. The van der Waals surface area contributed by atoms with Crippen molar-refractivity contribution in [2.45, 2.75) is 13.8 Å². The largest absolute Gasteiger partial charge is 0.482 e. The van der Waals surface area contributed by atoms with Crippen LogP contribution in [-0.2, 0) is 9.53 Å². The van der Waals surface area contributed by atoms with E-state index >= 15 is 0 Å². The lowest BCUT2D eigenvalue weighted by atomic mass is 10.1. The number of rotatable bonds is 5. The van der Waals surface area contributed by atoms with Gasteiger partial charge in [0.2, 0.25) is 4.80 Å². The Morgan fingerprint density at radius 2 is 1.77 bits per heavy atom. The van der Waals surface area contributed by atoms with E-state index in [1.54, 1.807) is 0 Å². The van der Waals surface area contributed by atoms with E-state index in [1.165, 1.54) is 22.6 Å². The first kappa shape index (κ1) is 25.1. The standard InChI is InChI=1S/C30H29N5O3S/c1-20-3-8-24(9-4-20)31-30-35(27(19-39-30)23-7-12-28-26(17-23)32-29(36)18-38-28)33-21(2)22-5-10-25(11-6-22)34-13-15-37-16-14-34/h3-12,17,19H,13-16,18H2,1-2H3,(H,32,36). The van der Waals surface area contributed by atoms with Crippen molar-refractivity contribution in [1.29, 1.82) is 0 Å². The molecule has 6 rings (SSSR count). The molecule has 0 aliphatic carbocycles. The Balaban J connectivity index is 1.40. The molecule has 2 aliphatic rings. The SMILES string of the molecule is CC(=Nn1c(-c2ccc3c(c2)NC(=O)CO3)csc1=Nc1ccc(C)cc1)c1ccc(N2CCOCC2)cc1. The number of amides is 1. The maximum Gasteiger partial charge on any atom is 0.262 e. The molecule has 0 radical (unpaired) electrons. The molecule has 3 heterocycles. The summed E-state index contributed by atoms with van der Waals surface area (Å²) in [6.45, 7) is 7.40. The fourth-order valence-corrected chi connectivity index (χ4v) is 5.44. The Hall–Kier alpha value is -4.21. The quantitative estimate of drug-likeness (QED) is 0.354. The van der Waals surface area contributed by atoms with E-state index in [4.69, 9.17) is 19.6 Å². The molecule has 0 atom stereocenters. The molecule has 1 aromatic heterocycles. The Morgan fingerprint density at radius 3 is 2.54 bits per heavy atom. The highest BCUT2D eigenvalue weighted by Gasteiger charge is 2.18. The molecule has 9 heteroatoms. The minimum Gasteiger partial charge on any atom is -0.482 e. The predicted molar refractivity (Wildman–Crippen MR) is 155 cm³/mol. The van der Waals surface area contributed by atoms with Gasteiger partial charge in [0, 0.05) is 29.7 Å². The molecule has 3 aromatic carbocycles. The van der Waals surface area contributed by atoms with E-state index in [0.29, 0.717) is 11.4 Å². The Bertz CT molecular complexity index is 1600. The minimum absolute atomic E-state index is 0.0260. The summed E-state index contributed by atoms with van der Waals surface area (Å²) in [6.07, 6.45) is 0. The zero-order chi connectivity index (χ0) is 26.8. The number of morpholine rings is 1. The van der Waals surface area contributed by atoms with Crippen LogP contribution in [0.5, 0.6) is 5.75 Å². The van der Waals surface area contributed by atoms with Crippen molar-refractivity contribution < 1.29 is 14.3 Å². The number of thiazole rings is 1. The molecule has 8 nitrogen and oxygen atoms in total. The lowest BCUT2D eigenvalue weighted by molar-refractivity contribution is -0.118. The number of carbonyl (C=O) groups excluding carboxylic acids is 1. The van der Waals surface area contributed by atoms with Crippen LogP contribution < -0.4 is 19.8 Å². The number of fused-ring (bicyclic) bond motifs is 1. The highest BCUT2D eigenvalue weighted by atomic mass is 32.1. The average molecular weight is 540 g/mol. The number of aromatic nitrogens is 1. The third kappa shape index (κ3) is 5.50. The lowest BCUT2D eigenvalue weighted by Gasteiger charge is -2.28. The van der Waals surface area contributed by atoms with Crippen LogP contribution in [0.15, 0.2) is 82.2 Å². The molecule has 1 fully saturated rings. The van der Waals surface area contributed by atoms with Crippen LogP contribution in [0.2, 0.25) is 0 Å². The Labute approximate surface area is 230 Å². The third-order valence-electron chi connectivity index (χ3n) is 6.76. The average Bonchev–Trinajstić information content (AvgIpc) is 3.36. The second-order valence-electron chi connectivity index (χ2n) is 9.54. The van der Waals surface area contributed by atoms with Gasteiger partial charge >= 0.3 is 0 Å². The zero-order valence-electron chi connectivity index (χ0n) is 21.9. The number of nitrogens with zero attached hydrogens (tertiary/aromatic N) is 4. The lowest BCUT2D eigenvalue weighted by Crippen LogP contribution is -2.36. The van der Waals surface area contributed by atoms with Gasteiger partial charge in [-0.3, -0.25) is 4.79 Å². The van der Waals surface area contributed by atoms with Gasteiger partial charge in [0.25, 0.3) is 5.91 Å². The number of nitrogens with one attached hydrogen (secondary N) is 1. The molecule has 1 saturated heterocycles. The van der Waals surface area contributed by atoms with Crippen LogP contribution in [0, 0.1) is 6.92 Å². The number of aryl methyl sites for hydroxylation is 1. The topological polar surface area (TPSA) is 80.5 Å². The normalized spacial score (nSPS) is 16.1. The summed E-state index contributed by atoms with van der Waals surface area (Å²) < 4.78 is 12.9. The fraction of sp³-hybridized carbons (Fsp3) is 0.233. The Morgan fingerprint density at radius 1 is 1.00 bits per heavy atom. The van der Waals surface area contributed by atoms with Crippen molar-refractivity contribution in [2.24, 2.45) is 10.1 Å². The van der Waals surface area contributed by atoms with Gasteiger partial charge in [-0.2, -0.15) is 5.10 Å². The van der Waals surface area contributed by atoms with E-state index in [9.17, 15) is 4.79 Å². The summed E-state index contributed by atoms with van der Waals surface area (Å²) in [7, 11) is 0. The number of carbonyl (C=O) groups is 1. The number of benzene rings is 3. The molecule has 2 aliphatic heterocycles. The highest BCUT2D eigenvalue weighted by Crippen LogP contribution is 2.33. The predicted octanol–water partition coefficient (Wildman–Crippen LogP) is 5.20. The third-order valence-corrected chi connectivity index (χ3v) is 7.58. The Kier molecular flexibility index (Phi) is 7.00. The van der Waals surface area contributed by atoms with Gasteiger partial charge in [-0.05, 0) is 61.9 Å². The van der Waals surface area contributed by atoms with Gasteiger partial charge in [0.1, 0.15) is 5.75 Å². The molecule has 0 saturated carbocycles. The van der Waals surface area contributed by atoms with Crippen LogP contribution in [0.4, 0.5) is 17.1 Å². The van der Waals surface area contributed by atoms with Crippen molar-refractivity contribution in [3.8, 4) is 17.0 Å². The second-order valence-corrected chi connectivity index (χ2v) is 10.4. The molecule has 4 aromatic rings. The monoisotopic (exact) mass is 539 g/mol. The second kappa shape index (κ2) is 10.9. The molecule has 0 spiro atoms. The first-order chi connectivity index (χ1) is 19.0. The highest BCUT2D eigenvalue weighted by molar-refractivity contribution is 7.07.